The molecule has 1 heterocycles. The first-order valence-electron chi connectivity index (χ1n) is 8.91. The van der Waals surface area contributed by atoms with E-state index in [-0.39, 0.29) is 5.91 Å². The molecule has 9 heteroatoms. The highest BCUT2D eigenvalue weighted by atomic mass is 32.2. The lowest BCUT2D eigenvalue weighted by atomic mass is 10.1. The quantitative estimate of drug-likeness (QED) is 0.586. The van der Waals surface area contributed by atoms with Crippen molar-refractivity contribution in [3.05, 3.63) is 23.8 Å². The normalized spacial score (nSPS) is 10.9. The number of thioether (sulfide) groups is 1. The van der Waals surface area contributed by atoms with Crippen molar-refractivity contribution in [2.45, 2.75) is 38.4 Å². The van der Waals surface area contributed by atoms with E-state index in [4.69, 9.17) is 9.47 Å². The highest BCUT2D eigenvalue weighted by molar-refractivity contribution is 7.99. The number of hydrogen-bond donors (Lipinski definition) is 1. The average Bonchev–Trinajstić information content (AvgIpc) is 3.05. The van der Waals surface area contributed by atoms with Gasteiger partial charge in [0.05, 0.1) is 13.7 Å². The number of rotatable bonds is 11. The summed E-state index contributed by atoms with van der Waals surface area (Å²) in [6, 6.07) is 5.72. The molecule has 8 nitrogen and oxygen atoms in total. The highest BCUT2D eigenvalue weighted by Crippen LogP contribution is 2.28. The largest absolute Gasteiger partial charge is 0.493 e. The zero-order chi connectivity index (χ0) is 19.6. The molecule has 0 aliphatic carbocycles. The molecule has 27 heavy (non-hydrogen) atoms. The summed E-state index contributed by atoms with van der Waals surface area (Å²) in [5.41, 5.74) is 0.960. The van der Waals surface area contributed by atoms with Crippen LogP contribution in [0.15, 0.2) is 23.4 Å². The lowest BCUT2D eigenvalue weighted by Crippen LogP contribution is -2.23. The van der Waals surface area contributed by atoms with Crippen molar-refractivity contribution < 1.29 is 14.3 Å². The van der Waals surface area contributed by atoms with Crippen LogP contribution in [0.2, 0.25) is 0 Å². The Morgan fingerprint density at radius 1 is 1.33 bits per heavy atom. The summed E-state index contributed by atoms with van der Waals surface area (Å²) >= 11 is 1.45. The molecule has 1 aromatic carbocycles. The van der Waals surface area contributed by atoms with Gasteiger partial charge >= 0.3 is 0 Å². The first kappa shape index (κ1) is 21.0. The molecule has 2 rings (SSSR count). The Kier molecular flexibility index (Phi) is 8.38. The van der Waals surface area contributed by atoms with Crippen molar-refractivity contribution >= 4 is 17.7 Å². The molecule has 1 N–H and O–H groups in total. The van der Waals surface area contributed by atoms with Crippen LogP contribution in [0.4, 0.5) is 0 Å². The van der Waals surface area contributed by atoms with Crippen LogP contribution in [0.25, 0.3) is 0 Å². The summed E-state index contributed by atoms with van der Waals surface area (Å²) < 4.78 is 12.8. The maximum atomic E-state index is 12.0. The molecule has 0 unspecified atom stereocenters. The number of nitrogens with zero attached hydrogens (tertiary/aromatic N) is 4. The predicted octanol–water partition coefficient (Wildman–Crippen LogP) is 2.44. The number of nitrogens with one attached hydrogen (secondary N) is 1. The lowest BCUT2D eigenvalue weighted by Gasteiger charge is -2.13. The molecule has 0 spiro atoms. The number of benzene rings is 1. The van der Waals surface area contributed by atoms with Crippen LogP contribution in [0.3, 0.4) is 0 Å². The first-order chi connectivity index (χ1) is 13.0. The van der Waals surface area contributed by atoms with E-state index >= 15 is 0 Å². The Bertz CT molecular complexity index is 736. The molecular weight excluding hydrogens is 366 g/mol. The van der Waals surface area contributed by atoms with Gasteiger partial charge in [0.15, 0.2) is 11.5 Å². The Balaban J connectivity index is 1.77. The van der Waals surface area contributed by atoms with Crippen molar-refractivity contribution in [3.63, 3.8) is 0 Å². The van der Waals surface area contributed by atoms with E-state index in [2.05, 4.69) is 34.7 Å². The summed E-state index contributed by atoms with van der Waals surface area (Å²) in [6.07, 6.45) is 1.38. The Morgan fingerprint density at radius 3 is 2.81 bits per heavy atom. The van der Waals surface area contributed by atoms with Gasteiger partial charge in [0.25, 0.3) is 0 Å². The van der Waals surface area contributed by atoms with Gasteiger partial charge in [-0.15, -0.1) is 5.10 Å². The zero-order valence-electron chi connectivity index (χ0n) is 16.3. The van der Waals surface area contributed by atoms with Gasteiger partial charge in [-0.2, -0.15) is 0 Å². The molecule has 0 bridgehead atoms. The molecule has 1 aromatic heterocycles. The van der Waals surface area contributed by atoms with Crippen LogP contribution in [-0.4, -0.2) is 45.6 Å². The van der Waals surface area contributed by atoms with Gasteiger partial charge in [0, 0.05) is 25.8 Å². The van der Waals surface area contributed by atoms with Crippen molar-refractivity contribution in [2.75, 3.05) is 19.5 Å². The summed E-state index contributed by atoms with van der Waals surface area (Å²) in [5, 5.41) is 14.8. The summed E-state index contributed by atoms with van der Waals surface area (Å²) in [7, 11) is 3.39. The minimum absolute atomic E-state index is 0.0196. The van der Waals surface area contributed by atoms with Crippen LogP contribution in [-0.2, 0) is 18.4 Å². The van der Waals surface area contributed by atoms with Crippen LogP contribution in [0, 0.1) is 5.92 Å². The van der Waals surface area contributed by atoms with Crippen molar-refractivity contribution in [3.8, 4) is 11.5 Å². The number of hydrogen-bond acceptors (Lipinski definition) is 7. The maximum Gasteiger partial charge on any atom is 0.221 e. The second kappa shape index (κ2) is 10.8. The van der Waals surface area contributed by atoms with Gasteiger partial charge in [-0.1, -0.05) is 31.7 Å². The van der Waals surface area contributed by atoms with Crippen molar-refractivity contribution in [2.24, 2.45) is 13.0 Å². The molecule has 1 amide bonds. The average molecular weight is 394 g/mol. The second-order valence-electron chi connectivity index (χ2n) is 6.48. The Morgan fingerprint density at radius 2 is 2.15 bits per heavy atom. The van der Waals surface area contributed by atoms with Crippen LogP contribution < -0.4 is 14.8 Å². The van der Waals surface area contributed by atoms with E-state index < -0.39 is 0 Å². The van der Waals surface area contributed by atoms with Gasteiger partial charge in [-0.3, -0.25) is 4.79 Å². The fourth-order valence-electron chi connectivity index (χ4n) is 2.21. The van der Waals surface area contributed by atoms with E-state index in [1.165, 1.54) is 11.8 Å². The molecular formula is C18H27N5O3S. The molecule has 2 aromatic rings. The molecule has 0 saturated carbocycles. The van der Waals surface area contributed by atoms with Gasteiger partial charge in [-0.25, -0.2) is 4.68 Å². The van der Waals surface area contributed by atoms with E-state index in [0.717, 1.165) is 17.7 Å². The van der Waals surface area contributed by atoms with Gasteiger partial charge in [0.2, 0.25) is 11.1 Å². The molecule has 0 atom stereocenters. The number of carbonyl (C=O) groups is 1. The smallest absolute Gasteiger partial charge is 0.221 e. The molecule has 0 aliphatic heterocycles. The number of amides is 1. The SMILES string of the molecule is COc1cc(CNC(=O)CCSc2nnnn2C)ccc1OCCC(C)C. The van der Waals surface area contributed by atoms with E-state index in [0.29, 0.717) is 42.1 Å². The number of methoxy groups -OCH3 is 1. The minimum Gasteiger partial charge on any atom is -0.493 e. The van der Waals surface area contributed by atoms with E-state index in [1.54, 1.807) is 18.8 Å². The highest BCUT2D eigenvalue weighted by Gasteiger charge is 2.09. The minimum atomic E-state index is -0.0196. The monoisotopic (exact) mass is 393 g/mol. The number of ether oxygens (including phenoxy) is 2. The van der Waals surface area contributed by atoms with Crippen LogP contribution in [0.1, 0.15) is 32.3 Å². The third kappa shape index (κ3) is 7.09. The Hall–Kier alpha value is -2.29. The molecule has 148 valence electrons. The first-order valence-corrected chi connectivity index (χ1v) is 9.89. The van der Waals surface area contributed by atoms with E-state index in [1.807, 2.05) is 18.2 Å². The van der Waals surface area contributed by atoms with Gasteiger partial charge < -0.3 is 14.8 Å². The number of aromatic nitrogens is 4. The Labute approximate surface area is 164 Å². The topological polar surface area (TPSA) is 91.2 Å². The predicted molar refractivity (Wildman–Crippen MR) is 104 cm³/mol. The fraction of sp³-hybridized carbons (Fsp3) is 0.556. The standard InChI is InChI=1S/C18H27N5O3S/c1-13(2)7-9-26-15-6-5-14(11-16(15)25-4)12-19-17(24)8-10-27-18-20-21-22-23(18)3/h5-6,11,13H,7-10,12H2,1-4H3,(H,19,24). The van der Waals surface area contributed by atoms with E-state index in [9.17, 15) is 4.79 Å². The third-order valence-electron chi connectivity index (χ3n) is 3.81. The number of carbonyl (C=O) groups excluding carboxylic acids is 1. The number of aryl methyl sites for hydroxylation is 1. The van der Waals surface area contributed by atoms with Crippen molar-refractivity contribution in [1.29, 1.82) is 0 Å². The second-order valence-corrected chi connectivity index (χ2v) is 7.54. The fourth-order valence-corrected chi connectivity index (χ4v) is 3.00. The number of tetrazole rings is 1. The van der Waals surface area contributed by atoms with Gasteiger partial charge in [0.1, 0.15) is 0 Å². The van der Waals surface area contributed by atoms with Gasteiger partial charge in [-0.05, 0) is 40.5 Å². The van der Waals surface area contributed by atoms with Crippen molar-refractivity contribution in [1.82, 2.24) is 25.5 Å². The summed E-state index contributed by atoms with van der Waals surface area (Å²) in [5.74, 6) is 2.59. The summed E-state index contributed by atoms with van der Waals surface area (Å²) in [4.78, 5) is 12.0. The van der Waals surface area contributed by atoms with Crippen LogP contribution >= 0.6 is 11.8 Å². The van der Waals surface area contributed by atoms with Crippen LogP contribution in [0.5, 0.6) is 11.5 Å². The zero-order valence-corrected chi connectivity index (χ0v) is 17.1. The third-order valence-corrected chi connectivity index (χ3v) is 4.82. The molecule has 0 radical (unpaired) electrons. The molecule has 0 aliphatic rings. The lowest BCUT2D eigenvalue weighted by molar-refractivity contribution is -0.120. The molecule has 0 fully saturated rings. The summed E-state index contributed by atoms with van der Waals surface area (Å²) in [6.45, 7) is 5.42. The molecule has 0 saturated heterocycles. The maximum absolute atomic E-state index is 12.0.